The van der Waals surface area contributed by atoms with Crippen LogP contribution in [-0.2, 0) is 25.7 Å². The van der Waals surface area contributed by atoms with Crippen molar-refractivity contribution in [3.05, 3.63) is 124 Å². The van der Waals surface area contributed by atoms with Crippen molar-refractivity contribution in [2.24, 2.45) is 0 Å². The molecule has 0 unspecified atom stereocenters. The molecule has 3 aromatic carbocycles. The highest BCUT2D eigenvalue weighted by atomic mass is 15.2. The molecule has 0 amide bonds. The van der Waals surface area contributed by atoms with Gasteiger partial charge in [-0.3, -0.25) is 9.97 Å². The Kier molecular flexibility index (Phi) is 3.24. The molecule has 3 nitrogen and oxygen atoms in total. The van der Waals surface area contributed by atoms with Gasteiger partial charge in [0.05, 0.1) is 22.8 Å². The van der Waals surface area contributed by atoms with E-state index in [1.54, 1.807) is 0 Å². The van der Waals surface area contributed by atoms with E-state index in [1.165, 1.54) is 84.0 Å². The highest BCUT2D eigenvalue weighted by Crippen LogP contribution is 2.53. The first-order valence-electron chi connectivity index (χ1n) is 12.4. The van der Waals surface area contributed by atoms with Gasteiger partial charge in [-0.2, -0.15) is 0 Å². The largest absolute Gasteiger partial charge is 0.308 e. The Labute approximate surface area is 203 Å². The molecule has 9 rings (SSSR count). The first-order chi connectivity index (χ1) is 17.3. The van der Waals surface area contributed by atoms with E-state index in [0.29, 0.717) is 0 Å². The molecule has 0 saturated heterocycles. The number of aromatic nitrogens is 2. The maximum Gasteiger partial charge on any atom is 0.0716 e. The van der Waals surface area contributed by atoms with Crippen LogP contribution >= 0.6 is 0 Å². The molecule has 2 aromatic heterocycles. The summed E-state index contributed by atoms with van der Waals surface area (Å²) in [6.07, 6.45) is 9.79. The quantitative estimate of drug-likeness (QED) is 0.253. The standard InChI is InChI=1S/C32H21N3/c1-2-4-23-18(3-1)11-20-13-21-14-27-24(26(21)15-25(20)23)5-6-31-28(27)16-29-32-19(7-10-34-29)12-22-17-33-9-8-30(22)35(31)32/h1-10,13,15,17H,11-12,14,16H2. The first kappa shape index (κ1) is 18.1. The molecule has 5 aromatic rings. The summed E-state index contributed by atoms with van der Waals surface area (Å²) in [5.41, 5.74) is 20.6. The van der Waals surface area contributed by atoms with Crippen molar-refractivity contribution >= 4 is 17.1 Å². The lowest BCUT2D eigenvalue weighted by atomic mass is 9.87. The summed E-state index contributed by atoms with van der Waals surface area (Å²) in [6, 6.07) is 22.9. The Morgan fingerprint density at radius 2 is 1.46 bits per heavy atom. The maximum atomic E-state index is 4.88. The molecule has 4 aliphatic rings. The van der Waals surface area contributed by atoms with Crippen LogP contribution < -0.4 is 4.90 Å². The molecule has 4 heterocycles. The molecule has 0 fully saturated rings. The summed E-state index contributed by atoms with van der Waals surface area (Å²) in [5.74, 6) is 0. The van der Waals surface area contributed by atoms with E-state index in [0.717, 1.165) is 25.7 Å². The highest BCUT2D eigenvalue weighted by Gasteiger charge is 2.35. The van der Waals surface area contributed by atoms with Crippen LogP contribution in [0.3, 0.4) is 0 Å². The van der Waals surface area contributed by atoms with Crippen LogP contribution in [-0.4, -0.2) is 9.97 Å². The number of nitrogens with zero attached hydrogens (tertiary/aromatic N) is 3. The second-order valence-corrected chi connectivity index (χ2v) is 10.2. The predicted octanol–water partition coefficient (Wildman–Crippen LogP) is 6.90. The molecule has 3 heteroatoms. The third-order valence-electron chi connectivity index (χ3n) is 8.47. The number of hydrogen-bond acceptors (Lipinski definition) is 3. The van der Waals surface area contributed by atoms with Crippen LogP contribution in [0.2, 0.25) is 0 Å². The molecule has 164 valence electrons. The van der Waals surface area contributed by atoms with Crippen LogP contribution in [0.5, 0.6) is 0 Å². The normalized spacial score (nSPS) is 14.9. The van der Waals surface area contributed by atoms with Crippen LogP contribution in [0.4, 0.5) is 17.1 Å². The summed E-state index contributed by atoms with van der Waals surface area (Å²) < 4.78 is 0. The maximum absolute atomic E-state index is 4.88. The zero-order valence-corrected chi connectivity index (χ0v) is 19.2. The smallest absolute Gasteiger partial charge is 0.0716 e. The second-order valence-electron chi connectivity index (χ2n) is 10.2. The molecular weight excluding hydrogens is 426 g/mol. The topological polar surface area (TPSA) is 29.0 Å². The van der Waals surface area contributed by atoms with Crippen molar-refractivity contribution in [1.82, 2.24) is 9.97 Å². The molecule has 0 saturated carbocycles. The monoisotopic (exact) mass is 447 g/mol. The molecule has 2 aliphatic heterocycles. The van der Waals surface area contributed by atoms with E-state index in [2.05, 4.69) is 70.5 Å². The van der Waals surface area contributed by atoms with E-state index in [9.17, 15) is 0 Å². The molecule has 0 radical (unpaired) electrons. The van der Waals surface area contributed by atoms with Gasteiger partial charge in [0.15, 0.2) is 0 Å². The summed E-state index contributed by atoms with van der Waals surface area (Å²) >= 11 is 0. The fourth-order valence-electron chi connectivity index (χ4n) is 6.97. The molecular formula is C32H21N3. The number of anilines is 3. The minimum atomic E-state index is 0.898. The zero-order valence-electron chi connectivity index (χ0n) is 19.2. The Morgan fingerprint density at radius 3 is 2.46 bits per heavy atom. The summed E-state index contributed by atoms with van der Waals surface area (Å²) in [4.78, 5) is 11.8. The Hall–Kier alpha value is -4.24. The average Bonchev–Trinajstić information content (AvgIpc) is 3.44. The van der Waals surface area contributed by atoms with Gasteiger partial charge >= 0.3 is 0 Å². The van der Waals surface area contributed by atoms with Crippen molar-refractivity contribution < 1.29 is 0 Å². The van der Waals surface area contributed by atoms with E-state index in [1.807, 2.05) is 18.6 Å². The number of hydrogen-bond donors (Lipinski definition) is 0. The highest BCUT2D eigenvalue weighted by molar-refractivity contribution is 5.93. The van der Waals surface area contributed by atoms with Gasteiger partial charge in [-0.05, 0) is 98.3 Å². The Balaban J connectivity index is 1.26. The lowest BCUT2D eigenvalue weighted by Gasteiger charge is -2.39. The van der Waals surface area contributed by atoms with E-state index < -0.39 is 0 Å². The molecule has 35 heavy (non-hydrogen) atoms. The fourth-order valence-corrected chi connectivity index (χ4v) is 6.97. The molecule has 2 aliphatic carbocycles. The lowest BCUT2D eigenvalue weighted by molar-refractivity contribution is 0.944. The number of rotatable bonds is 0. The van der Waals surface area contributed by atoms with Gasteiger partial charge in [0.25, 0.3) is 0 Å². The van der Waals surface area contributed by atoms with E-state index >= 15 is 0 Å². The molecule has 0 spiro atoms. The van der Waals surface area contributed by atoms with Crippen LogP contribution in [0, 0.1) is 0 Å². The van der Waals surface area contributed by atoms with Crippen molar-refractivity contribution in [2.45, 2.75) is 25.7 Å². The minimum Gasteiger partial charge on any atom is -0.308 e. The predicted molar refractivity (Wildman–Crippen MR) is 139 cm³/mol. The number of benzene rings is 3. The van der Waals surface area contributed by atoms with Crippen LogP contribution in [0.1, 0.15) is 44.6 Å². The fraction of sp³-hybridized carbons (Fsp3) is 0.125. The third-order valence-corrected chi connectivity index (χ3v) is 8.47. The van der Waals surface area contributed by atoms with Crippen molar-refractivity contribution in [3.63, 3.8) is 0 Å². The van der Waals surface area contributed by atoms with E-state index in [4.69, 9.17) is 4.98 Å². The molecule has 0 N–H and O–H groups in total. The van der Waals surface area contributed by atoms with Gasteiger partial charge < -0.3 is 4.90 Å². The van der Waals surface area contributed by atoms with Gasteiger partial charge in [0, 0.05) is 31.4 Å². The van der Waals surface area contributed by atoms with Gasteiger partial charge in [0.1, 0.15) is 0 Å². The number of pyridine rings is 2. The molecule has 0 atom stereocenters. The van der Waals surface area contributed by atoms with Crippen molar-refractivity contribution in [1.29, 1.82) is 0 Å². The van der Waals surface area contributed by atoms with Crippen LogP contribution in [0.15, 0.2) is 79.3 Å². The lowest BCUT2D eigenvalue weighted by Crippen LogP contribution is -2.26. The van der Waals surface area contributed by atoms with Gasteiger partial charge in [-0.25, -0.2) is 0 Å². The van der Waals surface area contributed by atoms with Gasteiger partial charge in [-0.1, -0.05) is 36.4 Å². The summed E-state index contributed by atoms with van der Waals surface area (Å²) in [6.45, 7) is 0. The van der Waals surface area contributed by atoms with Gasteiger partial charge in [-0.15, -0.1) is 0 Å². The first-order valence-corrected chi connectivity index (χ1v) is 12.4. The van der Waals surface area contributed by atoms with E-state index in [-0.39, 0.29) is 0 Å². The Bertz CT molecular complexity index is 1760. The average molecular weight is 448 g/mol. The Morgan fingerprint density at radius 1 is 0.571 bits per heavy atom. The summed E-state index contributed by atoms with van der Waals surface area (Å²) in [5, 5.41) is 0. The van der Waals surface area contributed by atoms with Crippen molar-refractivity contribution in [2.75, 3.05) is 4.90 Å². The summed E-state index contributed by atoms with van der Waals surface area (Å²) in [7, 11) is 0. The molecule has 0 bridgehead atoms. The van der Waals surface area contributed by atoms with Crippen molar-refractivity contribution in [3.8, 4) is 22.3 Å². The number of fused-ring (bicyclic) bond motifs is 11. The zero-order chi connectivity index (χ0) is 22.7. The van der Waals surface area contributed by atoms with Crippen LogP contribution in [0.25, 0.3) is 22.3 Å². The minimum absolute atomic E-state index is 0.898. The van der Waals surface area contributed by atoms with Gasteiger partial charge in [0.2, 0.25) is 0 Å². The second kappa shape index (κ2) is 6.25. The SMILES string of the molecule is c1ccc2c(c1)Cc1cc3c(cc1-2)-c1ccc2c(c1C3)Cc1nccc3c1N2c1ccncc1C3. The third kappa shape index (κ3) is 2.26.